The van der Waals surface area contributed by atoms with Crippen LogP contribution in [0, 0.1) is 11.8 Å². The van der Waals surface area contributed by atoms with Gasteiger partial charge in [0.15, 0.2) is 0 Å². The lowest BCUT2D eigenvalue weighted by atomic mass is 9.74. The monoisotopic (exact) mass is 806 g/mol. The summed E-state index contributed by atoms with van der Waals surface area (Å²) in [5, 5.41) is 5.26. The summed E-state index contributed by atoms with van der Waals surface area (Å²) < 4.78 is 0. The van der Waals surface area contributed by atoms with Crippen LogP contribution in [0.3, 0.4) is 0 Å². The maximum Gasteiger partial charge on any atom is 0.0165 e. The normalized spacial score (nSPS) is 19.6. The van der Waals surface area contributed by atoms with Crippen LogP contribution >= 0.6 is 0 Å². The molecule has 8 aromatic rings. The molecule has 0 saturated heterocycles. The number of hydrogen-bond donors (Lipinski definition) is 0. The van der Waals surface area contributed by atoms with Gasteiger partial charge in [-0.1, -0.05) is 205 Å². The topological polar surface area (TPSA) is 0 Å². The average molecular weight is 807 g/mol. The molecule has 0 heteroatoms. The van der Waals surface area contributed by atoms with E-state index in [2.05, 4.69) is 224 Å². The van der Waals surface area contributed by atoms with Crippen LogP contribution in [0.1, 0.15) is 80.5 Å². The summed E-state index contributed by atoms with van der Waals surface area (Å²) in [7, 11) is 0. The molecule has 5 aliphatic rings. The summed E-state index contributed by atoms with van der Waals surface area (Å²) >= 11 is 0. The Balaban J connectivity index is 0.998. The van der Waals surface area contributed by atoms with Crippen molar-refractivity contribution in [3.63, 3.8) is 0 Å². The number of benzene rings is 8. The molecular formula is C63H50. The molecule has 0 N–H and O–H groups in total. The lowest BCUT2D eigenvalue weighted by molar-refractivity contribution is 0.652. The lowest BCUT2D eigenvalue weighted by Crippen LogP contribution is -2.18. The molecule has 0 spiro atoms. The van der Waals surface area contributed by atoms with Crippen LogP contribution in [0.4, 0.5) is 0 Å². The zero-order valence-corrected chi connectivity index (χ0v) is 37.0. The van der Waals surface area contributed by atoms with Gasteiger partial charge in [0.05, 0.1) is 0 Å². The minimum Gasteiger partial charge on any atom is -0.0767 e. The van der Waals surface area contributed by atoms with Gasteiger partial charge < -0.3 is 0 Å². The molecule has 0 radical (unpaired) electrons. The largest absolute Gasteiger partial charge is 0.0767 e. The summed E-state index contributed by atoms with van der Waals surface area (Å²) in [6, 6.07) is 53.9. The van der Waals surface area contributed by atoms with E-state index >= 15 is 0 Å². The van der Waals surface area contributed by atoms with Crippen molar-refractivity contribution in [3.8, 4) is 55.6 Å². The molecule has 63 heavy (non-hydrogen) atoms. The third-order valence-corrected chi connectivity index (χ3v) is 16.0. The smallest absolute Gasteiger partial charge is 0.0165 e. The highest BCUT2D eigenvalue weighted by atomic mass is 14.5. The third-order valence-electron chi connectivity index (χ3n) is 16.0. The molecule has 302 valence electrons. The lowest BCUT2D eigenvalue weighted by Gasteiger charge is -2.29. The summed E-state index contributed by atoms with van der Waals surface area (Å²) in [4.78, 5) is 0. The Morgan fingerprint density at radius 2 is 0.905 bits per heavy atom. The first-order chi connectivity index (χ1) is 30.5. The van der Waals surface area contributed by atoms with E-state index in [1.807, 2.05) is 0 Å². The van der Waals surface area contributed by atoms with Gasteiger partial charge in [-0.15, -0.1) is 0 Å². The average Bonchev–Trinajstić information content (AvgIpc) is 3.79. The molecule has 2 atom stereocenters. The second kappa shape index (κ2) is 12.7. The van der Waals surface area contributed by atoms with Crippen LogP contribution < -0.4 is 0 Å². The molecular weight excluding hydrogens is 757 g/mol. The Morgan fingerprint density at radius 1 is 0.349 bits per heavy atom. The van der Waals surface area contributed by atoms with Crippen molar-refractivity contribution in [1.82, 2.24) is 0 Å². The van der Waals surface area contributed by atoms with Crippen LogP contribution in [0.25, 0.3) is 82.8 Å². The third kappa shape index (κ3) is 4.82. The highest BCUT2D eigenvalue weighted by molar-refractivity contribution is 6.19. The Hall–Kier alpha value is -6.76. The number of hydrogen-bond acceptors (Lipinski definition) is 0. The number of fused-ring (bicyclic) bond motifs is 13. The van der Waals surface area contributed by atoms with E-state index in [4.69, 9.17) is 0 Å². The summed E-state index contributed by atoms with van der Waals surface area (Å²) in [6.07, 6.45) is 16.1. The van der Waals surface area contributed by atoms with Crippen molar-refractivity contribution in [2.75, 3.05) is 0 Å². The van der Waals surface area contributed by atoms with Crippen molar-refractivity contribution in [2.24, 2.45) is 11.8 Å². The highest BCUT2D eigenvalue weighted by Gasteiger charge is 2.46. The Morgan fingerprint density at radius 3 is 1.62 bits per heavy atom. The van der Waals surface area contributed by atoms with Gasteiger partial charge in [-0.2, -0.15) is 0 Å². The van der Waals surface area contributed by atoms with Gasteiger partial charge in [0.1, 0.15) is 0 Å². The molecule has 0 aliphatic heterocycles. The molecule has 0 fully saturated rings. The van der Waals surface area contributed by atoms with Crippen molar-refractivity contribution >= 4 is 27.1 Å². The minimum atomic E-state index is -0.168. The summed E-state index contributed by atoms with van der Waals surface area (Å²) in [6.45, 7) is 14.6. The van der Waals surface area contributed by atoms with Crippen LogP contribution in [0.15, 0.2) is 182 Å². The van der Waals surface area contributed by atoms with Crippen LogP contribution in [-0.4, -0.2) is 0 Å². The fourth-order valence-electron chi connectivity index (χ4n) is 13.0. The van der Waals surface area contributed by atoms with Crippen LogP contribution in [-0.2, 0) is 16.2 Å². The van der Waals surface area contributed by atoms with Crippen LogP contribution in [0.5, 0.6) is 0 Å². The summed E-state index contributed by atoms with van der Waals surface area (Å²) in [5.41, 5.74) is 24.5. The second-order valence-corrected chi connectivity index (χ2v) is 20.3. The zero-order chi connectivity index (χ0) is 42.6. The maximum absolute atomic E-state index is 2.58. The molecule has 0 aromatic heterocycles. The number of allylic oxidation sites excluding steroid dienone is 8. The second-order valence-electron chi connectivity index (χ2n) is 20.3. The minimum absolute atomic E-state index is 0.108. The molecule has 8 aromatic carbocycles. The predicted octanol–water partition coefficient (Wildman–Crippen LogP) is 16.6. The number of rotatable bonds is 3. The first-order valence-corrected chi connectivity index (χ1v) is 22.9. The highest BCUT2D eigenvalue weighted by Crippen LogP contribution is 2.62. The summed E-state index contributed by atoms with van der Waals surface area (Å²) in [5.74, 6) is 0.701. The Kier molecular flexibility index (Phi) is 7.41. The Labute approximate surface area is 371 Å². The van der Waals surface area contributed by atoms with Gasteiger partial charge in [-0.25, -0.2) is 0 Å². The fourth-order valence-corrected chi connectivity index (χ4v) is 13.0. The van der Waals surface area contributed by atoms with E-state index in [9.17, 15) is 0 Å². The van der Waals surface area contributed by atoms with E-state index in [0.717, 1.165) is 0 Å². The zero-order valence-electron chi connectivity index (χ0n) is 37.0. The predicted molar refractivity (Wildman–Crippen MR) is 267 cm³/mol. The molecule has 0 heterocycles. The first kappa shape index (κ1) is 36.9. The Bertz CT molecular complexity index is 3420. The van der Waals surface area contributed by atoms with E-state index < -0.39 is 0 Å². The molecule has 5 aliphatic carbocycles. The fraction of sp³-hybridized carbons (Fsp3) is 0.175. The van der Waals surface area contributed by atoms with Crippen molar-refractivity contribution < 1.29 is 0 Å². The molecule has 0 nitrogen and oxygen atoms in total. The van der Waals surface area contributed by atoms with E-state index in [1.54, 1.807) is 0 Å². The molecule has 0 amide bonds. The van der Waals surface area contributed by atoms with Gasteiger partial charge in [0, 0.05) is 28.1 Å². The molecule has 13 rings (SSSR count). The van der Waals surface area contributed by atoms with Crippen molar-refractivity contribution in [2.45, 2.75) is 57.8 Å². The van der Waals surface area contributed by atoms with Gasteiger partial charge in [-0.05, 0) is 140 Å². The SMILES string of the molecule is CC1(C)c2ccc(-c3cc4c(c5c3C(C)(C)c3ccccc3-5)-c3ccccc3C4(C)C)cc2-c2ccc(-c3c4ccccc4c(C4=CC=CC5C=CC=CC45)c4ccccc34)cc21. The maximum atomic E-state index is 2.58. The standard InChI is InChI=1S/C63H50/c1-61(2)53-33-31-38(49-36-55-58(47-25-13-15-28-51(47)62(55,3)4)59-48-26-14-16-29-52(48)63(5,6)60(49)59)34-50(53)41-32-30-39(35-54(41)61)56-43-21-9-11-23-45(43)57(46-24-12-10-22-44(46)56)42-27-17-19-37-18-7-8-20-40(37)42/h7-37,40H,1-6H3. The van der Waals surface area contributed by atoms with Crippen molar-refractivity contribution in [3.05, 3.63) is 221 Å². The first-order valence-electron chi connectivity index (χ1n) is 22.9. The van der Waals surface area contributed by atoms with Crippen molar-refractivity contribution in [1.29, 1.82) is 0 Å². The van der Waals surface area contributed by atoms with Gasteiger partial charge in [0.25, 0.3) is 0 Å². The molecule has 0 bridgehead atoms. The van der Waals surface area contributed by atoms with E-state index in [-0.39, 0.29) is 16.2 Å². The quantitative estimate of drug-likeness (QED) is 0.156. The van der Waals surface area contributed by atoms with E-state index in [1.165, 1.54) is 122 Å². The van der Waals surface area contributed by atoms with Gasteiger partial charge >= 0.3 is 0 Å². The molecule has 2 unspecified atom stereocenters. The van der Waals surface area contributed by atoms with E-state index in [0.29, 0.717) is 11.8 Å². The molecule has 0 saturated carbocycles. The van der Waals surface area contributed by atoms with Gasteiger partial charge in [0.2, 0.25) is 0 Å². The van der Waals surface area contributed by atoms with Gasteiger partial charge in [-0.3, -0.25) is 0 Å². The van der Waals surface area contributed by atoms with Crippen LogP contribution in [0.2, 0.25) is 0 Å².